The van der Waals surface area contributed by atoms with Gasteiger partial charge in [-0.1, -0.05) is 23.7 Å². The maximum atomic E-state index is 13.0. The Morgan fingerprint density at radius 2 is 1.86 bits per heavy atom. The number of benzene rings is 1. The second kappa shape index (κ2) is 8.31. The first kappa shape index (κ1) is 21.6. The summed E-state index contributed by atoms with van der Waals surface area (Å²) in [6.45, 7) is 1.76. The van der Waals surface area contributed by atoms with E-state index in [9.17, 15) is 27.5 Å². The van der Waals surface area contributed by atoms with E-state index in [4.69, 9.17) is 11.6 Å². The van der Waals surface area contributed by atoms with Crippen molar-refractivity contribution in [2.24, 2.45) is 5.92 Å². The number of rotatable bonds is 4. The molecule has 1 aliphatic rings. The lowest BCUT2D eigenvalue weighted by Gasteiger charge is -2.34. The molecular weight excluding hydrogens is 414 g/mol. The molecule has 0 bridgehead atoms. The third-order valence-electron chi connectivity index (χ3n) is 5.24. The molecule has 1 unspecified atom stereocenters. The molecule has 1 fully saturated rings. The second-order valence-electron chi connectivity index (χ2n) is 7.12. The predicted molar refractivity (Wildman–Crippen MR) is 97.6 cm³/mol. The van der Waals surface area contributed by atoms with Gasteiger partial charge in [0.05, 0.1) is 16.8 Å². The van der Waals surface area contributed by atoms with E-state index in [0.717, 1.165) is 4.68 Å². The van der Waals surface area contributed by atoms with Crippen LogP contribution in [-0.4, -0.2) is 38.8 Å². The lowest BCUT2D eigenvalue weighted by molar-refractivity contribution is -0.142. The smallest absolute Gasteiger partial charge is 0.388 e. The molecule has 10 heteroatoms. The summed E-state index contributed by atoms with van der Waals surface area (Å²) < 4.78 is 52.7. The third-order valence-corrected chi connectivity index (χ3v) is 5.69. The van der Waals surface area contributed by atoms with Gasteiger partial charge in [-0.3, -0.25) is 9.48 Å². The molecule has 5 nitrogen and oxygen atoms in total. The van der Waals surface area contributed by atoms with Crippen molar-refractivity contribution in [3.63, 3.8) is 0 Å². The van der Waals surface area contributed by atoms with Crippen LogP contribution in [0.25, 0.3) is 0 Å². The van der Waals surface area contributed by atoms with E-state index in [-0.39, 0.29) is 29.9 Å². The number of carbonyl (C=O) groups is 1. The normalized spacial score (nSPS) is 16.9. The number of hydrogen-bond donors (Lipinski definition) is 1. The minimum absolute atomic E-state index is 0.0777. The van der Waals surface area contributed by atoms with Gasteiger partial charge in [0.15, 0.2) is 5.69 Å². The zero-order valence-electron chi connectivity index (χ0n) is 15.6. The van der Waals surface area contributed by atoms with Crippen molar-refractivity contribution in [3.8, 4) is 0 Å². The zero-order valence-corrected chi connectivity index (χ0v) is 16.3. The largest absolute Gasteiger partial charge is 0.436 e. The van der Waals surface area contributed by atoms with Gasteiger partial charge in [0.1, 0.15) is 12.4 Å². The van der Waals surface area contributed by atoms with Crippen molar-refractivity contribution < 1.29 is 27.5 Å². The first-order valence-electron chi connectivity index (χ1n) is 9.09. The standard InChI is InChI=1S/C19H20ClF4N3O2/c1-11-16(20)18(19(22,23)24)25-27(11)10-15(28)26-8-6-13(7-9-26)17(29)12-2-4-14(21)5-3-12/h2-5,13,17,29H,6-10H2,1H3. The van der Waals surface area contributed by atoms with Crippen molar-refractivity contribution in [1.82, 2.24) is 14.7 Å². The Hall–Kier alpha value is -2.13. The molecular formula is C19H20ClF4N3O2. The molecule has 29 heavy (non-hydrogen) atoms. The van der Waals surface area contributed by atoms with Crippen LogP contribution in [0.3, 0.4) is 0 Å². The quantitative estimate of drug-likeness (QED) is 0.742. The molecule has 1 aromatic carbocycles. The van der Waals surface area contributed by atoms with Crippen LogP contribution < -0.4 is 0 Å². The Labute approximate surface area is 169 Å². The number of piperidine rings is 1. The number of aliphatic hydroxyl groups excluding tert-OH is 1. The van der Waals surface area contributed by atoms with Gasteiger partial charge < -0.3 is 10.0 Å². The Kier molecular flexibility index (Phi) is 6.19. The van der Waals surface area contributed by atoms with Crippen LogP contribution in [-0.2, 0) is 17.5 Å². The zero-order chi connectivity index (χ0) is 21.3. The molecule has 0 spiro atoms. The highest BCUT2D eigenvalue weighted by atomic mass is 35.5. The SMILES string of the molecule is Cc1c(Cl)c(C(F)(F)F)nn1CC(=O)N1CCC(C(O)c2ccc(F)cc2)CC1. The Morgan fingerprint density at radius 1 is 1.28 bits per heavy atom. The topological polar surface area (TPSA) is 58.4 Å². The minimum Gasteiger partial charge on any atom is -0.388 e. The molecule has 0 radical (unpaired) electrons. The Morgan fingerprint density at radius 3 is 2.38 bits per heavy atom. The number of likely N-dealkylation sites (tertiary alicyclic amines) is 1. The highest BCUT2D eigenvalue weighted by Crippen LogP contribution is 2.35. The van der Waals surface area contributed by atoms with Gasteiger partial charge in [0.2, 0.25) is 5.91 Å². The molecule has 2 aromatic rings. The molecule has 1 amide bonds. The number of alkyl halides is 3. The lowest BCUT2D eigenvalue weighted by atomic mass is 9.87. The van der Waals surface area contributed by atoms with Crippen LogP contribution in [0, 0.1) is 18.7 Å². The summed E-state index contributed by atoms with van der Waals surface area (Å²) in [7, 11) is 0. The predicted octanol–water partition coefficient (Wildman–Crippen LogP) is 3.98. The van der Waals surface area contributed by atoms with Crippen LogP contribution in [0.4, 0.5) is 17.6 Å². The number of aliphatic hydroxyl groups is 1. The molecule has 1 aliphatic heterocycles. The summed E-state index contributed by atoms with van der Waals surface area (Å²) >= 11 is 5.71. The molecule has 0 aliphatic carbocycles. The summed E-state index contributed by atoms with van der Waals surface area (Å²) in [5, 5.41) is 13.4. The molecule has 2 heterocycles. The summed E-state index contributed by atoms with van der Waals surface area (Å²) in [4.78, 5) is 14.0. The Balaban J connectivity index is 1.60. The van der Waals surface area contributed by atoms with Crippen molar-refractivity contribution in [3.05, 3.63) is 52.1 Å². The van der Waals surface area contributed by atoms with Gasteiger partial charge in [0, 0.05) is 13.1 Å². The molecule has 1 aromatic heterocycles. The molecule has 0 saturated carbocycles. The van der Waals surface area contributed by atoms with E-state index in [1.165, 1.54) is 36.1 Å². The van der Waals surface area contributed by atoms with Crippen molar-refractivity contribution >= 4 is 17.5 Å². The monoisotopic (exact) mass is 433 g/mol. The first-order chi connectivity index (χ1) is 13.6. The van der Waals surface area contributed by atoms with Crippen LogP contribution in [0.5, 0.6) is 0 Å². The number of nitrogens with zero attached hydrogens (tertiary/aromatic N) is 3. The minimum atomic E-state index is -4.69. The summed E-state index contributed by atoms with van der Waals surface area (Å²) in [5.74, 6) is -0.845. The van der Waals surface area contributed by atoms with Gasteiger partial charge in [-0.25, -0.2) is 4.39 Å². The van der Waals surface area contributed by atoms with E-state index in [2.05, 4.69) is 5.10 Å². The highest BCUT2D eigenvalue weighted by Gasteiger charge is 2.38. The molecule has 1 saturated heterocycles. The van der Waals surface area contributed by atoms with E-state index in [1.807, 2.05) is 0 Å². The number of carbonyl (C=O) groups excluding carboxylic acids is 1. The van der Waals surface area contributed by atoms with Crippen LogP contribution in [0.15, 0.2) is 24.3 Å². The van der Waals surface area contributed by atoms with Gasteiger partial charge in [-0.05, 0) is 43.4 Å². The summed E-state index contributed by atoms with van der Waals surface area (Å²) in [6.07, 6.45) is -4.41. The fourth-order valence-electron chi connectivity index (χ4n) is 3.48. The fourth-order valence-corrected chi connectivity index (χ4v) is 3.73. The average Bonchev–Trinajstić information content (AvgIpc) is 2.97. The molecule has 158 valence electrons. The number of aromatic nitrogens is 2. The third kappa shape index (κ3) is 4.72. The maximum Gasteiger partial charge on any atom is 0.436 e. The average molecular weight is 434 g/mol. The number of halogens is 5. The summed E-state index contributed by atoms with van der Waals surface area (Å²) in [5.41, 5.74) is -0.516. The van der Waals surface area contributed by atoms with Gasteiger partial charge in [-0.15, -0.1) is 0 Å². The molecule has 1 N–H and O–H groups in total. The van der Waals surface area contributed by atoms with Gasteiger partial charge >= 0.3 is 6.18 Å². The first-order valence-corrected chi connectivity index (χ1v) is 9.47. The summed E-state index contributed by atoms with van der Waals surface area (Å²) in [6, 6.07) is 5.62. The van der Waals surface area contributed by atoms with Gasteiger partial charge in [0.25, 0.3) is 0 Å². The van der Waals surface area contributed by atoms with Crippen LogP contribution >= 0.6 is 11.6 Å². The molecule has 3 rings (SSSR count). The highest BCUT2D eigenvalue weighted by molar-refractivity contribution is 6.32. The van der Waals surface area contributed by atoms with Crippen molar-refractivity contribution in [1.29, 1.82) is 0 Å². The second-order valence-corrected chi connectivity index (χ2v) is 7.50. The van der Waals surface area contributed by atoms with Crippen molar-refractivity contribution in [2.75, 3.05) is 13.1 Å². The van der Waals surface area contributed by atoms with Crippen LogP contribution in [0.1, 0.15) is 35.9 Å². The van der Waals surface area contributed by atoms with E-state index in [0.29, 0.717) is 31.5 Å². The van der Waals surface area contributed by atoms with E-state index >= 15 is 0 Å². The Bertz CT molecular complexity index is 875. The van der Waals surface area contributed by atoms with Crippen molar-refractivity contribution in [2.45, 2.75) is 38.6 Å². The van der Waals surface area contributed by atoms with Gasteiger partial charge in [-0.2, -0.15) is 18.3 Å². The van der Waals surface area contributed by atoms with Crippen LogP contribution in [0.2, 0.25) is 5.02 Å². The molecule has 1 atom stereocenters. The van der Waals surface area contributed by atoms with E-state index < -0.39 is 23.0 Å². The van der Waals surface area contributed by atoms with E-state index in [1.54, 1.807) is 0 Å². The fraction of sp³-hybridized carbons (Fsp3) is 0.474. The number of amides is 1. The maximum absolute atomic E-state index is 13.0. The number of hydrogen-bond acceptors (Lipinski definition) is 3. The lowest BCUT2D eigenvalue weighted by Crippen LogP contribution is -2.41.